The minimum absolute atomic E-state index is 0.0315. The normalized spacial score (nSPS) is 21.0. The summed E-state index contributed by atoms with van der Waals surface area (Å²) in [6.45, 7) is 7.73. The van der Waals surface area contributed by atoms with Gasteiger partial charge in [-0.15, -0.1) is 0 Å². The fourth-order valence-electron chi connectivity index (χ4n) is 2.99. The zero-order valence-electron chi connectivity index (χ0n) is 15.2. The van der Waals surface area contributed by atoms with Crippen LogP contribution in [-0.4, -0.2) is 67.0 Å². The maximum atomic E-state index is 12.4. The summed E-state index contributed by atoms with van der Waals surface area (Å²) in [6, 6.07) is 5.65. The molecule has 7 heteroatoms. The number of anilines is 1. The van der Waals surface area contributed by atoms with Crippen molar-refractivity contribution in [2.24, 2.45) is 0 Å². The average molecular weight is 412 g/mol. The van der Waals surface area contributed by atoms with Crippen LogP contribution in [-0.2, 0) is 14.3 Å². The van der Waals surface area contributed by atoms with Gasteiger partial charge in [0.05, 0.1) is 25.3 Å². The van der Waals surface area contributed by atoms with E-state index in [4.69, 9.17) is 4.74 Å². The Morgan fingerprint density at radius 1 is 1.32 bits per heavy atom. The van der Waals surface area contributed by atoms with Crippen molar-refractivity contribution in [1.82, 2.24) is 9.80 Å². The first-order chi connectivity index (χ1) is 11.7. The number of aryl methyl sites for hydroxylation is 1. The minimum atomic E-state index is -0.204. The number of benzene rings is 1. The molecule has 1 N–H and O–H groups in total. The van der Waals surface area contributed by atoms with Crippen molar-refractivity contribution in [1.29, 1.82) is 0 Å². The highest BCUT2D eigenvalue weighted by Crippen LogP contribution is 2.20. The second kappa shape index (κ2) is 8.78. The van der Waals surface area contributed by atoms with Crippen molar-refractivity contribution in [3.63, 3.8) is 0 Å². The number of amides is 2. The maximum absolute atomic E-state index is 12.4. The molecule has 1 saturated heterocycles. The molecule has 1 heterocycles. The number of morpholine rings is 1. The van der Waals surface area contributed by atoms with Gasteiger partial charge in [-0.05, 0) is 44.5 Å². The third kappa shape index (κ3) is 6.09. The summed E-state index contributed by atoms with van der Waals surface area (Å²) in [5, 5.41) is 2.85. The van der Waals surface area contributed by atoms with Gasteiger partial charge < -0.3 is 15.0 Å². The molecule has 1 aliphatic rings. The van der Waals surface area contributed by atoms with E-state index in [1.165, 1.54) is 4.90 Å². The van der Waals surface area contributed by atoms with Gasteiger partial charge in [-0.25, -0.2) is 0 Å². The van der Waals surface area contributed by atoms with E-state index in [0.29, 0.717) is 6.54 Å². The van der Waals surface area contributed by atoms with Crippen LogP contribution in [0.4, 0.5) is 5.69 Å². The highest BCUT2D eigenvalue weighted by Gasteiger charge is 2.25. The molecule has 138 valence electrons. The number of rotatable bonds is 5. The van der Waals surface area contributed by atoms with Gasteiger partial charge in [0.15, 0.2) is 0 Å². The van der Waals surface area contributed by atoms with Gasteiger partial charge in [-0.3, -0.25) is 14.5 Å². The Morgan fingerprint density at radius 2 is 1.96 bits per heavy atom. The molecule has 2 atom stereocenters. The molecule has 0 unspecified atom stereocenters. The molecule has 0 radical (unpaired) electrons. The van der Waals surface area contributed by atoms with Gasteiger partial charge in [-0.2, -0.15) is 0 Å². The van der Waals surface area contributed by atoms with Crippen LogP contribution in [0.15, 0.2) is 22.7 Å². The number of nitrogens with one attached hydrogen (secondary N) is 1. The molecule has 6 nitrogen and oxygen atoms in total. The highest BCUT2D eigenvalue weighted by atomic mass is 79.9. The van der Waals surface area contributed by atoms with Crippen LogP contribution in [0.5, 0.6) is 0 Å². The molecule has 0 aromatic heterocycles. The Balaban J connectivity index is 1.84. The van der Waals surface area contributed by atoms with Crippen molar-refractivity contribution in [3.05, 3.63) is 28.2 Å². The van der Waals surface area contributed by atoms with Crippen molar-refractivity contribution in [2.75, 3.05) is 38.5 Å². The highest BCUT2D eigenvalue weighted by molar-refractivity contribution is 9.10. The molecule has 1 aliphatic heterocycles. The third-order valence-corrected chi connectivity index (χ3v) is 4.62. The number of halogens is 1. The number of hydrogen-bond acceptors (Lipinski definition) is 4. The van der Waals surface area contributed by atoms with Crippen molar-refractivity contribution in [3.8, 4) is 0 Å². The Kier molecular flexibility index (Phi) is 6.98. The van der Waals surface area contributed by atoms with E-state index in [2.05, 4.69) is 26.1 Å². The number of hydrogen-bond donors (Lipinski definition) is 1. The third-order valence-electron chi connectivity index (χ3n) is 4.12. The van der Waals surface area contributed by atoms with Crippen LogP contribution >= 0.6 is 15.9 Å². The summed E-state index contributed by atoms with van der Waals surface area (Å²) in [5.74, 6) is -0.269. The molecule has 25 heavy (non-hydrogen) atoms. The molecule has 0 bridgehead atoms. The van der Waals surface area contributed by atoms with Crippen LogP contribution in [0.2, 0.25) is 0 Å². The van der Waals surface area contributed by atoms with Gasteiger partial charge in [-0.1, -0.05) is 15.9 Å². The molecular formula is C18H26BrN3O3. The van der Waals surface area contributed by atoms with Crippen LogP contribution < -0.4 is 5.32 Å². The van der Waals surface area contributed by atoms with Gasteiger partial charge >= 0.3 is 0 Å². The van der Waals surface area contributed by atoms with Crippen molar-refractivity contribution >= 4 is 33.4 Å². The van der Waals surface area contributed by atoms with Gasteiger partial charge in [0, 0.05) is 30.3 Å². The number of nitrogens with zero attached hydrogens (tertiary/aromatic N) is 2. The van der Waals surface area contributed by atoms with E-state index in [-0.39, 0.29) is 30.6 Å². The van der Waals surface area contributed by atoms with Gasteiger partial charge in [0.1, 0.15) is 0 Å². The van der Waals surface area contributed by atoms with Gasteiger partial charge in [0.25, 0.3) is 0 Å². The standard InChI is InChI=1S/C18H26BrN3O3/c1-12-7-15(19)5-6-16(12)20-17(23)10-21(4)18(24)11-22-8-13(2)25-14(3)9-22/h5-7,13-14H,8-11H2,1-4H3,(H,20,23)/t13-,14-/m0/s1. The lowest BCUT2D eigenvalue weighted by molar-refractivity contribution is -0.137. The molecular weight excluding hydrogens is 386 g/mol. The quantitative estimate of drug-likeness (QED) is 0.806. The lowest BCUT2D eigenvalue weighted by Gasteiger charge is -2.35. The van der Waals surface area contributed by atoms with Crippen LogP contribution in [0.25, 0.3) is 0 Å². The average Bonchev–Trinajstić information content (AvgIpc) is 2.49. The van der Waals surface area contributed by atoms with Crippen molar-refractivity contribution < 1.29 is 14.3 Å². The molecule has 1 aromatic carbocycles. The van der Waals surface area contributed by atoms with E-state index in [1.54, 1.807) is 7.05 Å². The summed E-state index contributed by atoms with van der Waals surface area (Å²) in [6.07, 6.45) is 0.232. The molecule has 1 aromatic rings. The zero-order valence-corrected chi connectivity index (χ0v) is 16.8. The largest absolute Gasteiger partial charge is 0.373 e. The summed E-state index contributed by atoms with van der Waals surface area (Å²) in [7, 11) is 1.66. The van der Waals surface area contributed by atoms with Crippen LogP contribution in [0.3, 0.4) is 0 Å². The predicted molar refractivity (Wildman–Crippen MR) is 102 cm³/mol. The zero-order chi connectivity index (χ0) is 18.6. The van der Waals surface area contributed by atoms with Crippen LogP contribution in [0, 0.1) is 6.92 Å². The van der Waals surface area contributed by atoms with Crippen LogP contribution in [0.1, 0.15) is 19.4 Å². The number of carbonyl (C=O) groups excluding carboxylic acids is 2. The smallest absolute Gasteiger partial charge is 0.243 e. The topological polar surface area (TPSA) is 61.9 Å². The molecule has 2 amide bonds. The molecule has 0 saturated carbocycles. The molecule has 0 spiro atoms. The Bertz CT molecular complexity index is 628. The molecule has 0 aliphatic carbocycles. The van der Waals surface area contributed by atoms with Gasteiger partial charge in [0.2, 0.25) is 11.8 Å². The van der Waals surface area contributed by atoms with E-state index >= 15 is 0 Å². The second-order valence-corrected chi connectivity index (χ2v) is 7.62. The Hall–Kier alpha value is -1.44. The number of likely N-dealkylation sites (N-methyl/N-ethyl adjacent to an activating group) is 1. The maximum Gasteiger partial charge on any atom is 0.243 e. The SMILES string of the molecule is Cc1cc(Br)ccc1NC(=O)CN(C)C(=O)CN1C[C@H](C)O[C@@H](C)C1. The van der Waals surface area contributed by atoms with E-state index in [1.807, 2.05) is 39.0 Å². The van der Waals surface area contributed by atoms with E-state index in [9.17, 15) is 9.59 Å². The number of carbonyl (C=O) groups is 2. The Morgan fingerprint density at radius 3 is 2.56 bits per heavy atom. The minimum Gasteiger partial charge on any atom is -0.373 e. The first kappa shape index (κ1) is 19.9. The predicted octanol–water partition coefficient (Wildman–Crippen LogP) is 2.26. The monoisotopic (exact) mass is 411 g/mol. The summed E-state index contributed by atoms with van der Waals surface area (Å²) in [5.41, 5.74) is 1.72. The molecule has 1 fully saturated rings. The fourth-order valence-corrected chi connectivity index (χ4v) is 3.46. The summed E-state index contributed by atoms with van der Waals surface area (Å²) in [4.78, 5) is 28.1. The lowest BCUT2D eigenvalue weighted by atomic mass is 10.2. The van der Waals surface area contributed by atoms with E-state index in [0.717, 1.165) is 28.8 Å². The fraction of sp³-hybridized carbons (Fsp3) is 0.556. The first-order valence-electron chi connectivity index (χ1n) is 8.42. The lowest BCUT2D eigenvalue weighted by Crippen LogP contribution is -2.50. The van der Waals surface area contributed by atoms with Crippen molar-refractivity contribution in [2.45, 2.75) is 33.0 Å². The second-order valence-electron chi connectivity index (χ2n) is 6.71. The first-order valence-corrected chi connectivity index (χ1v) is 9.21. The summed E-state index contributed by atoms with van der Waals surface area (Å²) >= 11 is 3.40. The van der Waals surface area contributed by atoms with E-state index < -0.39 is 0 Å². The Labute approximate surface area is 157 Å². The summed E-state index contributed by atoms with van der Waals surface area (Å²) < 4.78 is 6.64. The molecule has 2 rings (SSSR count). The number of ether oxygens (including phenoxy) is 1.